The van der Waals surface area contributed by atoms with E-state index in [0.717, 1.165) is 5.69 Å². The van der Waals surface area contributed by atoms with Gasteiger partial charge in [0.05, 0.1) is 18.5 Å². The van der Waals surface area contributed by atoms with Crippen molar-refractivity contribution in [1.82, 2.24) is 25.0 Å². The zero-order chi connectivity index (χ0) is 13.8. The summed E-state index contributed by atoms with van der Waals surface area (Å²) in [5.74, 6) is 0.390. The minimum absolute atomic E-state index is 0.262. The van der Waals surface area contributed by atoms with Gasteiger partial charge in [0.1, 0.15) is 5.56 Å². The summed E-state index contributed by atoms with van der Waals surface area (Å²) in [6, 6.07) is 0. The summed E-state index contributed by atoms with van der Waals surface area (Å²) in [6.45, 7) is 2.09. The van der Waals surface area contributed by atoms with Crippen LogP contribution in [-0.4, -0.2) is 37.5 Å². The van der Waals surface area contributed by atoms with Crippen LogP contribution < -0.4 is 5.73 Å². The van der Waals surface area contributed by atoms with Crippen LogP contribution in [0.1, 0.15) is 23.0 Å². The number of thioether (sulfide) groups is 1. The number of esters is 1. The summed E-state index contributed by atoms with van der Waals surface area (Å²) in [7, 11) is 1.77. The van der Waals surface area contributed by atoms with Crippen molar-refractivity contribution in [3.63, 3.8) is 0 Å². The Morgan fingerprint density at radius 2 is 2.42 bits per heavy atom. The first-order chi connectivity index (χ1) is 9.11. The number of carbonyl (C=O) groups excluding carboxylic acids is 1. The zero-order valence-electron chi connectivity index (χ0n) is 10.6. The number of nitrogens with two attached hydrogens (primary N) is 1. The SMILES string of the molecule is CCOC(=O)c1cnn(C)c1CSc1n[nH]c(N)n1. The van der Waals surface area contributed by atoms with Crippen LogP contribution in [0.25, 0.3) is 0 Å². The van der Waals surface area contributed by atoms with Crippen LogP contribution in [0.3, 0.4) is 0 Å². The van der Waals surface area contributed by atoms with Crippen LogP contribution in [-0.2, 0) is 17.5 Å². The van der Waals surface area contributed by atoms with Gasteiger partial charge in [0, 0.05) is 12.8 Å². The van der Waals surface area contributed by atoms with E-state index in [1.54, 1.807) is 18.7 Å². The Morgan fingerprint density at radius 1 is 1.63 bits per heavy atom. The smallest absolute Gasteiger partial charge is 0.341 e. The van der Waals surface area contributed by atoms with Crippen LogP contribution in [0, 0.1) is 0 Å². The molecule has 8 nitrogen and oxygen atoms in total. The average molecular weight is 282 g/mol. The standard InChI is InChI=1S/C10H14N6O2S/c1-3-18-8(17)6-4-12-16(2)7(6)5-19-10-13-9(11)14-15-10/h4H,3,5H2,1-2H3,(H3,11,13,14,15). The fraction of sp³-hybridized carbons (Fsp3) is 0.400. The normalized spacial score (nSPS) is 10.6. The number of aromatic nitrogens is 5. The summed E-state index contributed by atoms with van der Waals surface area (Å²) in [4.78, 5) is 15.7. The second kappa shape index (κ2) is 5.74. The van der Waals surface area contributed by atoms with Gasteiger partial charge in [0.2, 0.25) is 11.1 Å². The Hall–Kier alpha value is -2.03. The Morgan fingerprint density at radius 3 is 3.05 bits per heavy atom. The van der Waals surface area contributed by atoms with E-state index in [1.165, 1.54) is 18.0 Å². The molecule has 102 valence electrons. The highest BCUT2D eigenvalue weighted by atomic mass is 32.2. The highest BCUT2D eigenvalue weighted by Gasteiger charge is 2.17. The van der Waals surface area contributed by atoms with Crippen molar-refractivity contribution in [3.05, 3.63) is 17.5 Å². The molecule has 0 amide bonds. The predicted octanol–water partition coefficient (Wildman–Crippen LogP) is 0.589. The van der Waals surface area contributed by atoms with Gasteiger partial charge < -0.3 is 10.5 Å². The van der Waals surface area contributed by atoms with Crippen molar-refractivity contribution in [1.29, 1.82) is 0 Å². The minimum atomic E-state index is -0.374. The van der Waals surface area contributed by atoms with Crippen LogP contribution >= 0.6 is 11.8 Å². The average Bonchev–Trinajstić information content (AvgIpc) is 2.94. The summed E-state index contributed by atoms with van der Waals surface area (Å²) in [6.07, 6.45) is 1.50. The third-order valence-corrected chi connectivity index (χ3v) is 3.24. The quantitative estimate of drug-likeness (QED) is 0.609. The van der Waals surface area contributed by atoms with E-state index in [0.29, 0.717) is 23.1 Å². The molecule has 0 spiro atoms. The fourth-order valence-electron chi connectivity index (χ4n) is 1.47. The molecule has 2 aromatic heterocycles. The molecule has 2 heterocycles. The molecule has 2 rings (SSSR count). The molecular formula is C10H14N6O2S. The van der Waals surface area contributed by atoms with Crippen molar-refractivity contribution in [2.24, 2.45) is 7.05 Å². The molecule has 0 bridgehead atoms. The Balaban J connectivity index is 2.11. The third kappa shape index (κ3) is 3.05. The van der Waals surface area contributed by atoms with Gasteiger partial charge in [-0.25, -0.2) is 9.89 Å². The van der Waals surface area contributed by atoms with E-state index in [1.807, 2.05) is 0 Å². The van der Waals surface area contributed by atoms with Crippen LogP contribution in [0.2, 0.25) is 0 Å². The first-order valence-corrected chi connectivity index (χ1v) is 6.59. The van der Waals surface area contributed by atoms with E-state index in [4.69, 9.17) is 10.5 Å². The molecule has 0 saturated heterocycles. The largest absolute Gasteiger partial charge is 0.462 e. The molecule has 0 aliphatic carbocycles. The predicted molar refractivity (Wildman–Crippen MR) is 69.5 cm³/mol. The van der Waals surface area contributed by atoms with Gasteiger partial charge >= 0.3 is 5.97 Å². The number of aromatic amines is 1. The summed E-state index contributed by atoms with van der Waals surface area (Å²) in [5.41, 5.74) is 6.66. The number of nitrogens with zero attached hydrogens (tertiary/aromatic N) is 4. The molecule has 0 radical (unpaired) electrons. The minimum Gasteiger partial charge on any atom is -0.462 e. The topological polar surface area (TPSA) is 112 Å². The lowest BCUT2D eigenvalue weighted by Crippen LogP contribution is -2.08. The first kappa shape index (κ1) is 13.4. The molecule has 2 aromatic rings. The monoisotopic (exact) mass is 282 g/mol. The van der Waals surface area contributed by atoms with E-state index in [2.05, 4.69) is 20.3 Å². The number of ether oxygens (including phenoxy) is 1. The lowest BCUT2D eigenvalue weighted by atomic mass is 10.3. The number of nitrogens with one attached hydrogen (secondary N) is 1. The maximum atomic E-state index is 11.8. The van der Waals surface area contributed by atoms with Gasteiger partial charge in [-0.05, 0) is 6.92 Å². The highest BCUT2D eigenvalue weighted by molar-refractivity contribution is 7.98. The van der Waals surface area contributed by atoms with E-state index in [-0.39, 0.29) is 11.9 Å². The second-order valence-corrected chi connectivity index (χ2v) is 4.58. The molecule has 3 N–H and O–H groups in total. The van der Waals surface area contributed by atoms with Crippen LogP contribution in [0.5, 0.6) is 0 Å². The number of hydrogen-bond donors (Lipinski definition) is 2. The molecule has 19 heavy (non-hydrogen) atoms. The number of anilines is 1. The van der Waals surface area contributed by atoms with Crippen molar-refractivity contribution in [2.75, 3.05) is 12.3 Å². The second-order valence-electron chi connectivity index (χ2n) is 3.64. The van der Waals surface area contributed by atoms with E-state index >= 15 is 0 Å². The molecule has 0 fully saturated rings. The van der Waals surface area contributed by atoms with E-state index < -0.39 is 0 Å². The van der Waals surface area contributed by atoms with Crippen molar-refractivity contribution < 1.29 is 9.53 Å². The molecule has 0 aliphatic rings. The summed E-state index contributed by atoms with van der Waals surface area (Å²) < 4.78 is 6.61. The molecule has 0 saturated carbocycles. The summed E-state index contributed by atoms with van der Waals surface area (Å²) >= 11 is 1.36. The number of nitrogen functional groups attached to an aromatic ring is 1. The van der Waals surface area contributed by atoms with Gasteiger partial charge in [0.25, 0.3) is 0 Å². The Kier molecular flexibility index (Phi) is 4.05. The number of H-pyrrole nitrogens is 1. The highest BCUT2D eigenvalue weighted by Crippen LogP contribution is 2.21. The maximum Gasteiger partial charge on any atom is 0.341 e. The Labute approximate surface area is 113 Å². The van der Waals surface area contributed by atoms with E-state index in [9.17, 15) is 4.79 Å². The molecule has 0 aromatic carbocycles. The number of hydrogen-bond acceptors (Lipinski definition) is 7. The van der Waals surface area contributed by atoms with Crippen LogP contribution in [0.15, 0.2) is 11.4 Å². The van der Waals surface area contributed by atoms with Gasteiger partial charge in [-0.3, -0.25) is 4.68 Å². The molecule has 0 aliphatic heterocycles. The van der Waals surface area contributed by atoms with Gasteiger partial charge in [0.15, 0.2) is 0 Å². The summed E-state index contributed by atoms with van der Waals surface area (Å²) in [5, 5.41) is 11.1. The zero-order valence-corrected chi connectivity index (χ0v) is 11.4. The lowest BCUT2D eigenvalue weighted by molar-refractivity contribution is 0.0525. The van der Waals surface area contributed by atoms with Crippen molar-refractivity contribution >= 4 is 23.7 Å². The van der Waals surface area contributed by atoms with Crippen LogP contribution in [0.4, 0.5) is 5.95 Å². The Bertz CT molecular complexity index is 578. The first-order valence-electron chi connectivity index (χ1n) is 5.60. The van der Waals surface area contributed by atoms with Gasteiger partial charge in [-0.2, -0.15) is 10.1 Å². The van der Waals surface area contributed by atoms with Crippen molar-refractivity contribution in [3.8, 4) is 0 Å². The van der Waals surface area contributed by atoms with Crippen molar-refractivity contribution in [2.45, 2.75) is 17.8 Å². The van der Waals surface area contributed by atoms with Gasteiger partial charge in [-0.1, -0.05) is 11.8 Å². The number of rotatable bonds is 5. The van der Waals surface area contributed by atoms with Gasteiger partial charge in [-0.15, -0.1) is 5.10 Å². The molecule has 0 unspecified atom stereocenters. The maximum absolute atomic E-state index is 11.8. The lowest BCUT2D eigenvalue weighted by Gasteiger charge is -2.04. The number of aryl methyl sites for hydroxylation is 1. The number of carbonyl (C=O) groups is 1. The molecular weight excluding hydrogens is 268 g/mol. The fourth-order valence-corrected chi connectivity index (χ4v) is 2.35. The third-order valence-electron chi connectivity index (χ3n) is 2.38. The molecule has 9 heteroatoms. The molecule has 0 atom stereocenters.